The Labute approximate surface area is 95.0 Å². The number of aromatic nitrogens is 1. The average molecular weight is 220 g/mol. The average Bonchev–Trinajstić information content (AvgIpc) is 2.57. The molecule has 0 saturated heterocycles. The van der Waals surface area contributed by atoms with Crippen molar-refractivity contribution in [2.45, 2.75) is 20.4 Å². The summed E-state index contributed by atoms with van der Waals surface area (Å²) in [5, 5.41) is 1.99. The maximum Gasteiger partial charge on any atom is 0.0484 e. The Morgan fingerprint density at radius 3 is 2.87 bits per heavy atom. The maximum atomic E-state index is 5.93. The summed E-state index contributed by atoms with van der Waals surface area (Å²) in [7, 11) is 0. The number of hydrogen-bond donors (Lipinski definition) is 0. The van der Waals surface area contributed by atoms with E-state index in [2.05, 4.69) is 42.8 Å². The molecule has 1 aromatic carbocycles. The van der Waals surface area contributed by atoms with Crippen LogP contribution < -0.4 is 0 Å². The lowest BCUT2D eigenvalue weighted by Crippen LogP contribution is -1.92. The van der Waals surface area contributed by atoms with Crippen molar-refractivity contribution < 1.29 is 0 Å². The van der Waals surface area contributed by atoms with Crippen molar-refractivity contribution in [3.8, 4) is 0 Å². The summed E-state index contributed by atoms with van der Waals surface area (Å²) in [5.41, 5.74) is 2.57. The minimum Gasteiger partial charge on any atom is -0.344 e. The smallest absolute Gasteiger partial charge is 0.0484 e. The highest BCUT2D eigenvalue weighted by molar-refractivity contribution is 6.31. The van der Waals surface area contributed by atoms with Crippen molar-refractivity contribution >= 4 is 22.5 Å². The summed E-state index contributed by atoms with van der Waals surface area (Å²) in [6, 6.07) is 8.09. The maximum absolute atomic E-state index is 5.93. The van der Waals surface area contributed by atoms with Crippen LogP contribution in [-0.4, -0.2) is 4.57 Å². The standard InChI is InChI=1S/C13H14ClN/c1-10(2)5-7-15-8-6-11-9-12(14)3-4-13(11)15/h3-6,8-9H,7H2,1-2H3. The molecule has 0 aliphatic carbocycles. The van der Waals surface area contributed by atoms with Crippen molar-refractivity contribution in [1.29, 1.82) is 0 Å². The van der Waals surface area contributed by atoms with Crippen LogP contribution in [0.1, 0.15) is 13.8 Å². The first-order valence-electron chi connectivity index (χ1n) is 5.04. The van der Waals surface area contributed by atoms with Gasteiger partial charge < -0.3 is 4.57 Å². The summed E-state index contributed by atoms with van der Waals surface area (Å²) in [6.07, 6.45) is 4.31. The van der Waals surface area contributed by atoms with Gasteiger partial charge in [0.15, 0.2) is 0 Å². The predicted molar refractivity (Wildman–Crippen MR) is 66.4 cm³/mol. The first-order valence-corrected chi connectivity index (χ1v) is 5.42. The van der Waals surface area contributed by atoms with Gasteiger partial charge in [-0.2, -0.15) is 0 Å². The van der Waals surface area contributed by atoms with Gasteiger partial charge in [-0.15, -0.1) is 0 Å². The molecule has 0 N–H and O–H groups in total. The Balaban J connectivity index is 2.41. The fourth-order valence-electron chi connectivity index (χ4n) is 1.61. The molecule has 0 bridgehead atoms. The van der Waals surface area contributed by atoms with Gasteiger partial charge in [0.25, 0.3) is 0 Å². The van der Waals surface area contributed by atoms with Gasteiger partial charge in [0.1, 0.15) is 0 Å². The van der Waals surface area contributed by atoms with Gasteiger partial charge in [0, 0.05) is 28.7 Å². The second-order valence-electron chi connectivity index (χ2n) is 3.95. The zero-order chi connectivity index (χ0) is 10.8. The van der Waals surface area contributed by atoms with Gasteiger partial charge in [-0.25, -0.2) is 0 Å². The van der Waals surface area contributed by atoms with Gasteiger partial charge in [0.2, 0.25) is 0 Å². The summed E-state index contributed by atoms with van der Waals surface area (Å²) in [4.78, 5) is 0. The molecule has 0 aliphatic heterocycles. The summed E-state index contributed by atoms with van der Waals surface area (Å²) >= 11 is 5.93. The SMILES string of the molecule is CC(C)=CCn1ccc2cc(Cl)ccc21. The van der Waals surface area contributed by atoms with E-state index >= 15 is 0 Å². The van der Waals surface area contributed by atoms with Gasteiger partial charge >= 0.3 is 0 Å². The molecule has 1 heterocycles. The van der Waals surface area contributed by atoms with Crippen LogP contribution in [0.25, 0.3) is 10.9 Å². The highest BCUT2D eigenvalue weighted by Gasteiger charge is 1.99. The number of allylic oxidation sites excluding steroid dienone is 2. The molecule has 0 atom stereocenters. The van der Waals surface area contributed by atoms with E-state index < -0.39 is 0 Å². The van der Waals surface area contributed by atoms with Crippen LogP contribution in [0.5, 0.6) is 0 Å². The van der Waals surface area contributed by atoms with Crippen molar-refractivity contribution in [2.24, 2.45) is 0 Å². The van der Waals surface area contributed by atoms with E-state index in [-0.39, 0.29) is 0 Å². The molecule has 0 unspecified atom stereocenters. The minimum absolute atomic E-state index is 0.794. The molecule has 2 aromatic rings. The first-order chi connectivity index (χ1) is 7.16. The highest BCUT2D eigenvalue weighted by atomic mass is 35.5. The molecule has 0 amide bonds. The van der Waals surface area contributed by atoms with E-state index in [1.807, 2.05) is 12.1 Å². The molecule has 0 spiro atoms. The predicted octanol–water partition coefficient (Wildman–Crippen LogP) is 4.26. The van der Waals surface area contributed by atoms with E-state index in [9.17, 15) is 0 Å². The molecule has 78 valence electrons. The third kappa shape index (κ3) is 2.24. The van der Waals surface area contributed by atoms with Gasteiger partial charge in [-0.1, -0.05) is 23.3 Å². The Bertz CT molecular complexity index is 504. The molecule has 0 fully saturated rings. The fourth-order valence-corrected chi connectivity index (χ4v) is 1.79. The fraction of sp³-hybridized carbons (Fsp3) is 0.231. The largest absolute Gasteiger partial charge is 0.344 e. The Morgan fingerprint density at radius 2 is 2.13 bits per heavy atom. The third-order valence-electron chi connectivity index (χ3n) is 2.43. The summed E-state index contributed by atoms with van der Waals surface area (Å²) in [6.45, 7) is 5.15. The molecule has 0 radical (unpaired) electrons. The molecule has 15 heavy (non-hydrogen) atoms. The van der Waals surface area contributed by atoms with Crippen LogP contribution in [0.4, 0.5) is 0 Å². The molecular formula is C13H14ClN. The molecule has 2 rings (SSSR count). The Hall–Kier alpha value is -1.21. The van der Waals surface area contributed by atoms with E-state index in [1.54, 1.807) is 0 Å². The van der Waals surface area contributed by atoms with E-state index in [0.717, 1.165) is 11.6 Å². The highest BCUT2D eigenvalue weighted by Crippen LogP contribution is 2.20. The molecule has 0 saturated carbocycles. The normalized spacial score (nSPS) is 10.6. The quantitative estimate of drug-likeness (QED) is 0.665. The lowest BCUT2D eigenvalue weighted by atomic mass is 10.2. The molecular weight excluding hydrogens is 206 g/mol. The number of halogens is 1. The van der Waals surface area contributed by atoms with Crippen molar-refractivity contribution in [2.75, 3.05) is 0 Å². The van der Waals surface area contributed by atoms with Gasteiger partial charge in [-0.05, 0) is 38.1 Å². The molecule has 2 heteroatoms. The van der Waals surface area contributed by atoms with Crippen molar-refractivity contribution in [3.05, 3.63) is 47.1 Å². The topological polar surface area (TPSA) is 4.93 Å². The Kier molecular flexibility index (Phi) is 2.83. The third-order valence-corrected chi connectivity index (χ3v) is 2.66. The van der Waals surface area contributed by atoms with Crippen molar-refractivity contribution in [1.82, 2.24) is 4.57 Å². The van der Waals surface area contributed by atoms with Crippen LogP contribution in [-0.2, 0) is 6.54 Å². The monoisotopic (exact) mass is 219 g/mol. The molecule has 1 nitrogen and oxygen atoms in total. The van der Waals surface area contributed by atoms with Crippen LogP contribution >= 0.6 is 11.6 Å². The van der Waals surface area contributed by atoms with E-state index in [1.165, 1.54) is 16.5 Å². The van der Waals surface area contributed by atoms with Crippen LogP contribution in [0, 0.1) is 0 Å². The van der Waals surface area contributed by atoms with Crippen LogP contribution in [0.2, 0.25) is 5.02 Å². The number of fused-ring (bicyclic) bond motifs is 1. The number of hydrogen-bond acceptors (Lipinski definition) is 0. The number of rotatable bonds is 2. The molecule has 1 aromatic heterocycles. The van der Waals surface area contributed by atoms with E-state index in [0.29, 0.717) is 0 Å². The first kappa shape index (κ1) is 10.3. The van der Waals surface area contributed by atoms with Gasteiger partial charge in [-0.3, -0.25) is 0 Å². The summed E-state index contributed by atoms with van der Waals surface area (Å²) < 4.78 is 2.22. The number of nitrogens with zero attached hydrogens (tertiary/aromatic N) is 1. The summed E-state index contributed by atoms with van der Waals surface area (Å²) in [5.74, 6) is 0. The lowest BCUT2D eigenvalue weighted by Gasteiger charge is -2.01. The van der Waals surface area contributed by atoms with Crippen molar-refractivity contribution in [3.63, 3.8) is 0 Å². The molecule has 0 aliphatic rings. The minimum atomic E-state index is 0.794. The van der Waals surface area contributed by atoms with Crippen LogP contribution in [0.15, 0.2) is 42.1 Å². The number of benzene rings is 1. The second kappa shape index (κ2) is 4.11. The van der Waals surface area contributed by atoms with Gasteiger partial charge in [0.05, 0.1) is 0 Å². The van der Waals surface area contributed by atoms with Crippen LogP contribution in [0.3, 0.4) is 0 Å². The Morgan fingerprint density at radius 1 is 1.33 bits per heavy atom. The zero-order valence-electron chi connectivity index (χ0n) is 9.00. The lowest BCUT2D eigenvalue weighted by molar-refractivity contribution is 0.856. The zero-order valence-corrected chi connectivity index (χ0v) is 9.75. The van der Waals surface area contributed by atoms with E-state index in [4.69, 9.17) is 11.6 Å². The second-order valence-corrected chi connectivity index (χ2v) is 4.39.